The van der Waals surface area contributed by atoms with Gasteiger partial charge in [-0.3, -0.25) is 0 Å². The fourth-order valence-corrected chi connectivity index (χ4v) is 6.24. The predicted molar refractivity (Wildman–Crippen MR) is 198 cm³/mol. The van der Waals surface area contributed by atoms with Crippen molar-refractivity contribution in [2.24, 2.45) is 0 Å². The molecular weight excluding hydrogens is 669 g/mol. The van der Waals surface area contributed by atoms with Crippen LogP contribution in [0, 0.1) is 0 Å². The van der Waals surface area contributed by atoms with Crippen LogP contribution in [0.4, 0.5) is 0 Å². The number of aliphatic hydroxyl groups excluding tert-OH is 2. The van der Waals surface area contributed by atoms with Crippen LogP contribution in [0.3, 0.4) is 0 Å². The molecule has 4 aromatic carbocycles. The average Bonchev–Trinajstić information content (AvgIpc) is 3.15. The van der Waals surface area contributed by atoms with Crippen molar-refractivity contribution in [2.45, 2.75) is 62.6 Å². The Morgan fingerprint density at radius 1 is 0.804 bits per heavy atom. The number of hydrogen-bond donors (Lipinski definition) is 5. The summed E-state index contributed by atoms with van der Waals surface area (Å²) >= 11 is 0. The number of hydrogen-bond acceptors (Lipinski definition) is 9. The Hall–Kier alpha value is -4.36. The molecule has 0 spiro atoms. The molecule has 0 saturated heterocycles. The first-order chi connectivity index (χ1) is 24.7. The molecule has 272 valence electrons. The Kier molecular flexibility index (Phi) is 16.3. The highest BCUT2D eigenvalue weighted by atomic mass is 32.2. The fourth-order valence-electron chi connectivity index (χ4n) is 5.39. The lowest BCUT2D eigenvalue weighted by atomic mass is 10.0. The summed E-state index contributed by atoms with van der Waals surface area (Å²) < 4.78 is 31.3. The van der Waals surface area contributed by atoms with E-state index in [4.69, 9.17) is 9.57 Å². The number of ether oxygens (including phenoxy) is 1. The van der Waals surface area contributed by atoms with E-state index in [1.807, 2.05) is 65.5 Å². The molecule has 0 aliphatic heterocycles. The molecule has 5 N–H and O–H groups in total. The average molecular weight is 717 g/mol. The summed E-state index contributed by atoms with van der Waals surface area (Å²) in [7, 11) is -4.06. The Labute approximate surface area is 300 Å². The van der Waals surface area contributed by atoms with Crippen molar-refractivity contribution in [1.29, 1.82) is 0 Å². The van der Waals surface area contributed by atoms with Crippen LogP contribution in [0.2, 0.25) is 0 Å². The largest absolute Gasteiger partial charge is 0.508 e. The van der Waals surface area contributed by atoms with E-state index in [0.717, 1.165) is 67.3 Å². The minimum absolute atomic E-state index is 0.00885. The van der Waals surface area contributed by atoms with Crippen LogP contribution in [0.25, 0.3) is 17.2 Å². The normalized spacial score (nSPS) is 12.3. The molecule has 0 bridgehead atoms. The molecule has 0 aromatic heterocycles. The predicted octanol–water partition coefficient (Wildman–Crippen LogP) is 6.22. The van der Waals surface area contributed by atoms with Gasteiger partial charge in [0.25, 0.3) is 10.0 Å². The lowest BCUT2D eigenvalue weighted by Crippen LogP contribution is -2.26. The van der Waals surface area contributed by atoms with Crippen LogP contribution in [0.5, 0.6) is 5.75 Å². The maximum absolute atomic E-state index is 12.8. The summed E-state index contributed by atoms with van der Waals surface area (Å²) in [5, 5.41) is 32.5. The molecule has 0 heterocycles. The van der Waals surface area contributed by atoms with E-state index < -0.39 is 22.1 Å². The lowest BCUT2D eigenvalue weighted by Gasteiger charge is -2.14. The number of aryl methyl sites for hydroxylation is 1. The topological polar surface area (TPSA) is 154 Å². The van der Waals surface area contributed by atoms with Crippen LogP contribution in [0.1, 0.15) is 66.9 Å². The minimum Gasteiger partial charge on any atom is -0.508 e. The van der Waals surface area contributed by atoms with Gasteiger partial charge in [0.1, 0.15) is 5.75 Å². The molecule has 10 nitrogen and oxygen atoms in total. The van der Waals surface area contributed by atoms with Crippen molar-refractivity contribution in [1.82, 2.24) is 10.2 Å². The number of carbonyl (C=O) groups excluding carboxylic acids is 1. The summed E-state index contributed by atoms with van der Waals surface area (Å²) in [5.74, 6) is -0.819. The second-order valence-electron chi connectivity index (χ2n) is 12.2. The maximum atomic E-state index is 12.8. The number of carbonyl (C=O) groups is 1. The number of unbranched alkanes of at least 4 members (excludes halogenated alkanes) is 4. The molecule has 0 aliphatic carbocycles. The van der Waals surface area contributed by atoms with Gasteiger partial charge in [-0.1, -0.05) is 92.1 Å². The molecule has 51 heavy (non-hydrogen) atoms. The molecule has 4 aromatic rings. The van der Waals surface area contributed by atoms with Crippen LogP contribution < -0.4 is 10.2 Å². The Morgan fingerprint density at radius 2 is 1.53 bits per heavy atom. The Bertz CT molecular complexity index is 1780. The first-order valence-corrected chi connectivity index (χ1v) is 18.8. The second-order valence-corrected chi connectivity index (χ2v) is 13.9. The Morgan fingerprint density at radius 3 is 2.31 bits per heavy atom. The maximum Gasteiger partial charge on any atom is 0.350 e. The Balaban J connectivity index is 1.03. The van der Waals surface area contributed by atoms with Gasteiger partial charge < -0.3 is 30.2 Å². The SMILES string of the molecule is O=C(C=Cc1ccc(-c2ccccc2)cc1)ONS(=O)(=O)c1cccc(CCCOCCCCCCCNC[C@H](O)c2ccc(O)c(CO)c2)c1. The highest BCUT2D eigenvalue weighted by Crippen LogP contribution is 2.23. The number of rotatable bonds is 22. The van der Waals surface area contributed by atoms with Crippen LogP contribution >= 0.6 is 0 Å². The molecule has 0 saturated carbocycles. The zero-order valence-corrected chi connectivity index (χ0v) is 29.6. The van der Waals surface area contributed by atoms with Gasteiger partial charge in [-0.15, -0.1) is 0 Å². The van der Waals surface area contributed by atoms with Gasteiger partial charge in [-0.2, -0.15) is 0 Å². The molecule has 0 radical (unpaired) electrons. The number of aliphatic hydroxyl groups is 2. The standard InChI is InChI=1S/C40H48N2O8S/c43-30-36-28-35(21-22-38(36)44)39(45)29-41-24-7-2-1-3-8-25-49-26-10-12-32-11-9-15-37(27-32)51(47,48)42-50-40(46)23-18-31-16-19-34(20-17-31)33-13-5-4-6-14-33/h4-6,9,11,13-23,27-28,39,41-45H,1-3,7-8,10,12,24-26,29-30H2/t39-/m0/s1. The summed E-state index contributed by atoms with van der Waals surface area (Å²) in [6.07, 6.45) is 8.60. The van der Waals surface area contributed by atoms with Gasteiger partial charge in [0.2, 0.25) is 0 Å². The molecule has 0 aliphatic rings. The van der Waals surface area contributed by atoms with Crippen LogP contribution in [0.15, 0.2) is 108 Å². The van der Waals surface area contributed by atoms with E-state index >= 15 is 0 Å². The third-order valence-corrected chi connectivity index (χ3v) is 9.46. The zero-order chi connectivity index (χ0) is 36.3. The van der Waals surface area contributed by atoms with Crippen LogP contribution in [-0.2, 0) is 37.4 Å². The van der Waals surface area contributed by atoms with Gasteiger partial charge in [0, 0.05) is 31.4 Å². The third kappa shape index (κ3) is 13.7. The van der Waals surface area contributed by atoms with E-state index in [2.05, 4.69) is 5.32 Å². The lowest BCUT2D eigenvalue weighted by molar-refractivity contribution is -0.141. The van der Waals surface area contributed by atoms with Crippen molar-refractivity contribution >= 4 is 22.1 Å². The molecule has 0 fully saturated rings. The van der Waals surface area contributed by atoms with Crippen molar-refractivity contribution in [3.8, 4) is 16.9 Å². The smallest absolute Gasteiger partial charge is 0.350 e. The highest BCUT2D eigenvalue weighted by molar-refractivity contribution is 7.89. The number of aromatic hydroxyl groups is 1. The first kappa shape index (κ1) is 39.4. The second kappa shape index (κ2) is 21.1. The highest BCUT2D eigenvalue weighted by Gasteiger charge is 2.16. The van der Waals surface area contributed by atoms with Gasteiger partial charge in [0.15, 0.2) is 0 Å². The van der Waals surface area contributed by atoms with Crippen molar-refractivity contribution < 1.29 is 38.1 Å². The van der Waals surface area contributed by atoms with E-state index in [1.165, 1.54) is 18.2 Å². The molecule has 1 atom stereocenters. The van der Waals surface area contributed by atoms with Crippen molar-refractivity contribution in [2.75, 3.05) is 26.3 Å². The number of phenols is 1. The van der Waals surface area contributed by atoms with Gasteiger partial charge in [-0.25, -0.2) is 13.2 Å². The zero-order valence-electron chi connectivity index (χ0n) is 28.7. The van der Waals surface area contributed by atoms with Gasteiger partial charge in [0.05, 0.1) is 17.6 Å². The summed E-state index contributed by atoms with van der Waals surface area (Å²) in [6.45, 7) is 2.16. The summed E-state index contributed by atoms with van der Waals surface area (Å²) in [6, 6.07) is 28.8. The van der Waals surface area contributed by atoms with E-state index in [0.29, 0.717) is 37.3 Å². The van der Waals surface area contributed by atoms with E-state index in [1.54, 1.807) is 30.3 Å². The number of sulfonamides is 1. The third-order valence-electron chi connectivity index (χ3n) is 8.28. The van der Waals surface area contributed by atoms with Crippen molar-refractivity contribution in [3.05, 3.63) is 125 Å². The first-order valence-electron chi connectivity index (χ1n) is 17.3. The monoisotopic (exact) mass is 716 g/mol. The van der Waals surface area contributed by atoms with Gasteiger partial charge in [-0.05, 0) is 95.3 Å². The number of nitrogens with one attached hydrogen (secondary N) is 2. The summed E-state index contributed by atoms with van der Waals surface area (Å²) in [4.78, 5) is 18.9. The number of benzene rings is 4. The van der Waals surface area contributed by atoms with E-state index in [-0.39, 0.29) is 17.3 Å². The van der Waals surface area contributed by atoms with Crippen LogP contribution in [-0.4, -0.2) is 56.0 Å². The molecule has 4 rings (SSSR count). The molecule has 0 unspecified atom stereocenters. The van der Waals surface area contributed by atoms with E-state index in [9.17, 15) is 28.5 Å². The van der Waals surface area contributed by atoms with Crippen molar-refractivity contribution in [3.63, 3.8) is 0 Å². The quantitative estimate of drug-likeness (QED) is 0.0362. The molecule has 0 amide bonds. The van der Waals surface area contributed by atoms with Gasteiger partial charge >= 0.3 is 5.97 Å². The fraction of sp³-hybridized carbons (Fsp3) is 0.325. The molecule has 11 heteroatoms. The summed E-state index contributed by atoms with van der Waals surface area (Å²) in [5.41, 5.74) is 4.80. The minimum atomic E-state index is -4.06. The molecular formula is C40H48N2O8S.